The van der Waals surface area contributed by atoms with Crippen molar-refractivity contribution in [1.29, 1.82) is 5.26 Å². The van der Waals surface area contributed by atoms with Gasteiger partial charge in [-0.2, -0.15) is 5.26 Å². The fourth-order valence-electron chi connectivity index (χ4n) is 2.43. The second-order valence-corrected chi connectivity index (χ2v) is 4.64. The summed E-state index contributed by atoms with van der Waals surface area (Å²) in [6.45, 7) is 0.373. The molecule has 1 heterocycles. The molecule has 102 valence electrons. The van der Waals surface area contributed by atoms with Gasteiger partial charge in [0.05, 0.1) is 6.07 Å². The molecule has 1 fully saturated rings. The first-order chi connectivity index (χ1) is 9.26. The summed E-state index contributed by atoms with van der Waals surface area (Å²) in [5.74, 6) is 0.272. The van der Waals surface area contributed by atoms with Gasteiger partial charge in [-0.15, -0.1) is 0 Å². The Morgan fingerprint density at radius 1 is 1.63 bits per heavy atom. The third-order valence-corrected chi connectivity index (χ3v) is 3.33. The highest BCUT2D eigenvalue weighted by atomic mass is 16.5. The van der Waals surface area contributed by atoms with Gasteiger partial charge in [-0.25, -0.2) is 0 Å². The number of hydrogen-bond donors (Lipinski definition) is 0. The van der Waals surface area contributed by atoms with Crippen LogP contribution in [0, 0.1) is 11.3 Å². The Bertz CT molecular complexity index is 472. The van der Waals surface area contributed by atoms with Crippen LogP contribution in [0.3, 0.4) is 0 Å². The first-order valence-electron chi connectivity index (χ1n) is 6.38. The molecule has 0 aromatic carbocycles. The van der Waals surface area contributed by atoms with Crippen LogP contribution in [0.15, 0.2) is 10.6 Å². The van der Waals surface area contributed by atoms with Crippen LogP contribution >= 0.6 is 0 Å². The Morgan fingerprint density at radius 2 is 2.37 bits per heavy atom. The lowest BCUT2D eigenvalue weighted by Crippen LogP contribution is -2.39. The van der Waals surface area contributed by atoms with Gasteiger partial charge < -0.3 is 14.2 Å². The van der Waals surface area contributed by atoms with Gasteiger partial charge in [0.25, 0.3) is 5.91 Å². The summed E-state index contributed by atoms with van der Waals surface area (Å²) >= 11 is 0. The number of methoxy groups -OCH3 is 1. The second kappa shape index (κ2) is 6.34. The van der Waals surface area contributed by atoms with E-state index in [4.69, 9.17) is 14.5 Å². The fourth-order valence-corrected chi connectivity index (χ4v) is 2.43. The van der Waals surface area contributed by atoms with Gasteiger partial charge in [-0.3, -0.25) is 4.79 Å². The van der Waals surface area contributed by atoms with Crippen LogP contribution in [0.4, 0.5) is 0 Å². The summed E-state index contributed by atoms with van der Waals surface area (Å²) in [5, 5.41) is 12.6. The molecule has 1 aliphatic carbocycles. The zero-order valence-corrected chi connectivity index (χ0v) is 11.0. The van der Waals surface area contributed by atoms with Crippen molar-refractivity contribution in [1.82, 2.24) is 10.1 Å². The number of hydrogen-bond acceptors (Lipinski definition) is 5. The summed E-state index contributed by atoms with van der Waals surface area (Å²) in [7, 11) is 1.55. The minimum atomic E-state index is -0.237. The molecule has 1 aromatic heterocycles. The molecule has 0 spiro atoms. The Hall–Kier alpha value is -1.87. The number of ether oxygens (including phenoxy) is 1. The van der Waals surface area contributed by atoms with E-state index in [0.717, 1.165) is 25.7 Å². The van der Waals surface area contributed by atoms with Gasteiger partial charge in [0, 0.05) is 19.2 Å². The van der Waals surface area contributed by atoms with E-state index in [-0.39, 0.29) is 30.8 Å². The van der Waals surface area contributed by atoms with Crippen LogP contribution < -0.4 is 0 Å². The van der Waals surface area contributed by atoms with E-state index in [2.05, 4.69) is 5.16 Å². The zero-order valence-electron chi connectivity index (χ0n) is 11.0. The van der Waals surface area contributed by atoms with Crippen molar-refractivity contribution in [3.05, 3.63) is 17.5 Å². The third-order valence-electron chi connectivity index (χ3n) is 3.33. The van der Waals surface area contributed by atoms with Crippen molar-refractivity contribution in [3.8, 4) is 6.07 Å². The summed E-state index contributed by atoms with van der Waals surface area (Å²) in [5.41, 5.74) is 0.245. The average Bonchev–Trinajstić information content (AvgIpc) is 3.06. The Kier molecular flexibility index (Phi) is 4.53. The molecular formula is C13H17N3O3. The first-order valence-corrected chi connectivity index (χ1v) is 6.38. The molecule has 1 saturated carbocycles. The molecule has 6 nitrogen and oxygen atoms in total. The van der Waals surface area contributed by atoms with Crippen LogP contribution in [-0.2, 0) is 11.3 Å². The van der Waals surface area contributed by atoms with Crippen molar-refractivity contribution >= 4 is 5.91 Å². The van der Waals surface area contributed by atoms with Crippen LogP contribution in [0.1, 0.15) is 41.9 Å². The number of amides is 1. The van der Waals surface area contributed by atoms with Crippen molar-refractivity contribution in [2.45, 2.75) is 38.3 Å². The lowest BCUT2D eigenvalue weighted by atomic mass is 10.2. The summed E-state index contributed by atoms with van der Waals surface area (Å²) in [6.07, 6.45) is 4.12. The van der Waals surface area contributed by atoms with Gasteiger partial charge in [0.1, 0.15) is 13.2 Å². The summed E-state index contributed by atoms with van der Waals surface area (Å²) in [4.78, 5) is 13.9. The van der Waals surface area contributed by atoms with E-state index >= 15 is 0 Å². The maximum Gasteiger partial charge on any atom is 0.277 e. The van der Waals surface area contributed by atoms with Gasteiger partial charge in [-0.05, 0) is 12.8 Å². The third kappa shape index (κ3) is 3.12. The average molecular weight is 263 g/mol. The highest BCUT2D eigenvalue weighted by Crippen LogP contribution is 2.24. The molecule has 0 unspecified atom stereocenters. The van der Waals surface area contributed by atoms with Gasteiger partial charge in [0.2, 0.25) is 0 Å². The number of nitriles is 1. The molecule has 0 atom stereocenters. The number of carbonyl (C=O) groups excluding carboxylic acids is 1. The van der Waals surface area contributed by atoms with Gasteiger partial charge >= 0.3 is 0 Å². The lowest BCUT2D eigenvalue weighted by Gasteiger charge is -2.25. The number of rotatable bonds is 5. The van der Waals surface area contributed by atoms with E-state index in [0.29, 0.717) is 5.76 Å². The molecule has 2 rings (SSSR count). The van der Waals surface area contributed by atoms with E-state index in [1.54, 1.807) is 18.1 Å². The summed E-state index contributed by atoms with van der Waals surface area (Å²) < 4.78 is 9.93. The van der Waals surface area contributed by atoms with E-state index in [1.807, 2.05) is 6.07 Å². The van der Waals surface area contributed by atoms with Crippen LogP contribution in [-0.4, -0.2) is 35.7 Å². The molecule has 0 saturated heterocycles. The van der Waals surface area contributed by atoms with Crippen LogP contribution in [0.5, 0.6) is 0 Å². The topological polar surface area (TPSA) is 79.4 Å². The molecule has 6 heteroatoms. The molecule has 0 aliphatic heterocycles. The van der Waals surface area contributed by atoms with Crippen LogP contribution in [0.25, 0.3) is 0 Å². The SMILES string of the molecule is COCc1cc(C(=O)N(CC#N)C2CCCC2)no1. The van der Waals surface area contributed by atoms with E-state index in [1.165, 1.54) is 0 Å². The monoisotopic (exact) mass is 263 g/mol. The van der Waals surface area contributed by atoms with Gasteiger partial charge in [0.15, 0.2) is 11.5 Å². The molecule has 19 heavy (non-hydrogen) atoms. The summed E-state index contributed by atoms with van der Waals surface area (Å²) in [6, 6.07) is 3.77. The van der Waals surface area contributed by atoms with Crippen molar-refractivity contribution in [2.75, 3.05) is 13.7 Å². The maximum absolute atomic E-state index is 12.4. The maximum atomic E-state index is 12.4. The van der Waals surface area contributed by atoms with Crippen molar-refractivity contribution < 1.29 is 14.1 Å². The zero-order chi connectivity index (χ0) is 13.7. The largest absolute Gasteiger partial charge is 0.377 e. The van der Waals surface area contributed by atoms with E-state index < -0.39 is 0 Å². The molecular weight excluding hydrogens is 246 g/mol. The van der Waals surface area contributed by atoms with E-state index in [9.17, 15) is 4.79 Å². The first kappa shape index (κ1) is 13.6. The van der Waals surface area contributed by atoms with Gasteiger partial charge in [-0.1, -0.05) is 18.0 Å². The molecule has 1 amide bonds. The molecule has 1 aromatic rings. The Labute approximate surface area is 111 Å². The number of aromatic nitrogens is 1. The predicted molar refractivity (Wildman–Crippen MR) is 66.1 cm³/mol. The Balaban J connectivity index is 2.11. The molecule has 0 bridgehead atoms. The minimum Gasteiger partial charge on any atom is -0.377 e. The predicted octanol–water partition coefficient (Wildman–Crippen LogP) is 1.73. The van der Waals surface area contributed by atoms with Crippen molar-refractivity contribution in [2.24, 2.45) is 0 Å². The standard InChI is InChI=1S/C13H17N3O3/c1-18-9-11-8-12(15-19-11)13(17)16(7-6-14)10-4-2-3-5-10/h8,10H,2-5,7,9H2,1H3. The number of carbonyl (C=O) groups is 1. The second-order valence-electron chi connectivity index (χ2n) is 4.64. The normalized spacial score (nSPS) is 15.4. The highest BCUT2D eigenvalue weighted by molar-refractivity contribution is 5.92. The molecule has 0 radical (unpaired) electrons. The molecule has 1 aliphatic rings. The fraction of sp³-hybridized carbons (Fsp3) is 0.615. The minimum absolute atomic E-state index is 0.0932. The highest BCUT2D eigenvalue weighted by Gasteiger charge is 2.29. The quantitative estimate of drug-likeness (QED) is 0.756. The van der Waals surface area contributed by atoms with Crippen molar-refractivity contribution in [3.63, 3.8) is 0 Å². The lowest BCUT2D eigenvalue weighted by molar-refractivity contribution is 0.0698. The van der Waals surface area contributed by atoms with Crippen LogP contribution in [0.2, 0.25) is 0 Å². The smallest absolute Gasteiger partial charge is 0.277 e. The molecule has 0 N–H and O–H groups in total. The number of nitrogens with zero attached hydrogens (tertiary/aromatic N) is 3. The Morgan fingerprint density at radius 3 is 3.00 bits per heavy atom.